The van der Waals surface area contributed by atoms with Gasteiger partial charge < -0.3 is 0 Å². The van der Waals surface area contributed by atoms with Crippen LogP contribution in [-0.4, -0.2) is 17.1 Å². The van der Waals surface area contributed by atoms with Gasteiger partial charge in [0.2, 0.25) is 0 Å². The molecule has 0 heterocycles. The van der Waals surface area contributed by atoms with Gasteiger partial charge in [-0.15, -0.1) is 11.6 Å². The van der Waals surface area contributed by atoms with Gasteiger partial charge in [-0.25, -0.2) is 0 Å². The van der Waals surface area contributed by atoms with Crippen LogP contribution in [0.2, 0.25) is 0 Å². The minimum absolute atomic E-state index is 0.160. The molecule has 0 bridgehead atoms. The molecule has 1 aromatic rings. The van der Waals surface area contributed by atoms with Crippen LogP contribution in [0.15, 0.2) is 18.2 Å². The van der Waals surface area contributed by atoms with Gasteiger partial charge in [-0.1, -0.05) is 11.8 Å². The van der Waals surface area contributed by atoms with Crippen molar-refractivity contribution in [2.45, 2.75) is 6.42 Å². The van der Waals surface area contributed by atoms with Crippen LogP contribution in [0.3, 0.4) is 0 Å². The summed E-state index contributed by atoms with van der Waals surface area (Å²) in [7, 11) is 0. The normalized spacial score (nSPS) is 9.06. The van der Waals surface area contributed by atoms with Crippen molar-refractivity contribution < 1.29 is 9.72 Å². The summed E-state index contributed by atoms with van der Waals surface area (Å²) < 4.78 is 0. The van der Waals surface area contributed by atoms with E-state index in [-0.39, 0.29) is 11.3 Å². The van der Waals surface area contributed by atoms with Crippen molar-refractivity contribution in [2.24, 2.45) is 0 Å². The maximum atomic E-state index is 10.7. The number of rotatable bonds is 3. The van der Waals surface area contributed by atoms with Gasteiger partial charge >= 0.3 is 0 Å². The average Bonchev–Trinajstić information content (AvgIpc) is 2.29. The highest BCUT2D eigenvalue weighted by Crippen LogP contribution is 2.18. The molecule has 1 rings (SSSR count). The van der Waals surface area contributed by atoms with Gasteiger partial charge in [0.05, 0.1) is 4.92 Å². The molecule has 16 heavy (non-hydrogen) atoms. The summed E-state index contributed by atoms with van der Waals surface area (Å²) in [4.78, 5) is 20.6. The standard InChI is InChI=1S/C11H8ClNO3/c12-6-2-1-3-10-5-4-9(8-14)7-11(10)13(15)16/h4-5,7-8H,2,6H2. The predicted molar refractivity (Wildman–Crippen MR) is 60.7 cm³/mol. The first-order valence-corrected chi connectivity index (χ1v) is 5.01. The van der Waals surface area contributed by atoms with E-state index in [2.05, 4.69) is 11.8 Å². The van der Waals surface area contributed by atoms with Crippen molar-refractivity contribution >= 4 is 23.6 Å². The van der Waals surface area contributed by atoms with Gasteiger partial charge in [0.15, 0.2) is 0 Å². The smallest absolute Gasteiger partial charge is 0.285 e. The van der Waals surface area contributed by atoms with Crippen LogP contribution in [-0.2, 0) is 0 Å². The lowest BCUT2D eigenvalue weighted by Crippen LogP contribution is -1.94. The molecule has 0 radical (unpaired) electrons. The van der Waals surface area contributed by atoms with Gasteiger partial charge in [0.1, 0.15) is 11.8 Å². The van der Waals surface area contributed by atoms with Crippen molar-refractivity contribution in [3.63, 3.8) is 0 Å². The Morgan fingerprint density at radius 1 is 1.50 bits per heavy atom. The molecule has 0 unspecified atom stereocenters. The van der Waals surface area contributed by atoms with E-state index < -0.39 is 4.92 Å². The third-order valence-electron chi connectivity index (χ3n) is 1.80. The second kappa shape index (κ2) is 5.89. The number of nitro groups is 1. The van der Waals surface area contributed by atoms with E-state index in [4.69, 9.17) is 11.6 Å². The number of aldehydes is 1. The van der Waals surface area contributed by atoms with E-state index in [0.29, 0.717) is 24.2 Å². The van der Waals surface area contributed by atoms with Crippen molar-refractivity contribution in [1.82, 2.24) is 0 Å². The Morgan fingerprint density at radius 3 is 2.81 bits per heavy atom. The number of carbonyl (C=O) groups excluding carboxylic acids is 1. The van der Waals surface area contributed by atoms with E-state index in [1.54, 1.807) is 0 Å². The average molecular weight is 238 g/mol. The van der Waals surface area contributed by atoms with Crippen molar-refractivity contribution in [1.29, 1.82) is 0 Å². The Hall–Kier alpha value is -1.86. The molecular weight excluding hydrogens is 230 g/mol. The van der Waals surface area contributed by atoms with Crippen LogP contribution in [0.25, 0.3) is 0 Å². The fraction of sp³-hybridized carbons (Fsp3) is 0.182. The molecule has 0 aliphatic rings. The molecule has 0 saturated carbocycles. The topological polar surface area (TPSA) is 60.2 Å². The monoisotopic (exact) mass is 237 g/mol. The maximum absolute atomic E-state index is 10.7. The number of halogens is 1. The van der Waals surface area contributed by atoms with Crippen LogP contribution in [0, 0.1) is 22.0 Å². The molecular formula is C11H8ClNO3. The van der Waals surface area contributed by atoms with Crippen LogP contribution in [0.4, 0.5) is 5.69 Å². The van der Waals surface area contributed by atoms with Crippen LogP contribution in [0.1, 0.15) is 22.3 Å². The molecule has 82 valence electrons. The number of nitrogens with zero attached hydrogens (tertiary/aromatic N) is 1. The highest BCUT2D eigenvalue weighted by atomic mass is 35.5. The quantitative estimate of drug-likeness (QED) is 0.267. The highest BCUT2D eigenvalue weighted by molar-refractivity contribution is 6.18. The van der Waals surface area contributed by atoms with Gasteiger partial charge in [-0.05, 0) is 12.1 Å². The molecule has 0 atom stereocenters. The van der Waals surface area contributed by atoms with E-state index in [9.17, 15) is 14.9 Å². The third-order valence-corrected chi connectivity index (χ3v) is 1.99. The molecule has 0 aromatic heterocycles. The molecule has 4 nitrogen and oxygen atoms in total. The summed E-state index contributed by atoms with van der Waals surface area (Å²) in [6, 6.07) is 4.16. The Morgan fingerprint density at radius 2 is 2.25 bits per heavy atom. The summed E-state index contributed by atoms with van der Waals surface area (Å²) in [5.41, 5.74) is 0.391. The van der Waals surface area contributed by atoms with Crippen LogP contribution < -0.4 is 0 Å². The maximum Gasteiger partial charge on any atom is 0.285 e. The van der Waals surface area contributed by atoms with E-state index in [1.165, 1.54) is 18.2 Å². The summed E-state index contributed by atoms with van der Waals surface area (Å²) in [6.07, 6.45) is 1.02. The van der Waals surface area contributed by atoms with Crippen LogP contribution in [0.5, 0.6) is 0 Å². The summed E-state index contributed by atoms with van der Waals surface area (Å²) in [5.74, 6) is 5.75. The molecule has 1 aromatic carbocycles. The largest absolute Gasteiger partial charge is 0.298 e. The molecule has 0 saturated heterocycles. The minimum atomic E-state index is -0.558. The van der Waals surface area contributed by atoms with E-state index >= 15 is 0 Å². The van der Waals surface area contributed by atoms with Crippen molar-refractivity contribution in [2.75, 3.05) is 5.88 Å². The number of nitro benzene ring substituents is 1. The highest BCUT2D eigenvalue weighted by Gasteiger charge is 2.12. The van der Waals surface area contributed by atoms with Gasteiger partial charge in [-0.3, -0.25) is 14.9 Å². The lowest BCUT2D eigenvalue weighted by atomic mass is 10.1. The van der Waals surface area contributed by atoms with E-state index in [0.717, 1.165) is 0 Å². The predicted octanol–water partition coefficient (Wildman–Crippen LogP) is 2.39. The Bertz CT molecular complexity index is 474. The molecule has 0 aliphatic carbocycles. The first-order valence-electron chi connectivity index (χ1n) is 4.47. The molecule has 5 heteroatoms. The fourth-order valence-corrected chi connectivity index (χ4v) is 1.18. The lowest BCUT2D eigenvalue weighted by molar-refractivity contribution is -0.385. The van der Waals surface area contributed by atoms with Crippen molar-refractivity contribution in [3.05, 3.63) is 39.4 Å². The minimum Gasteiger partial charge on any atom is -0.298 e. The Kier molecular flexibility index (Phi) is 4.49. The molecule has 0 aliphatic heterocycles. The zero-order valence-corrected chi connectivity index (χ0v) is 9.03. The molecule has 0 N–H and O–H groups in total. The zero-order chi connectivity index (χ0) is 12.0. The summed E-state index contributed by atoms with van der Waals surface area (Å²) in [5, 5.41) is 10.7. The number of alkyl halides is 1. The number of benzene rings is 1. The fourth-order valence-electron chi connectivity index (χ4n) is 1.08. The Labute approximate surface area is 97.4 Å². The number of hydrogen-bond acceptors (Lipinski definition) is 3. The van der Waals surface area contributed by atoms with Gasteiger partial charge in [0.25, 0.3) is 5.69 Å². The van der Waals surface area contributed by atoms with Gasteiger partial charge in [-0.2, -0.15) is 0 Å². The molecule has 0 amide bonds. The summed E-state index contributed by atoms with van der Waals surface area (Å²) >= 11 is 5.44. The Balaban J connectivity index is 3.14. The third kappa shape index (κ3) is 3.07. The summed E-state index contributed by atoms with van der Waals surface area (Å²) in [6.45, 7) is 0. The first kappa shape index (κ1) is 12.2. The van der Waals surface area contributed by atoms with Gasteiger partial charge in [0, 0.05) is 23.9 Å². The van der Waals surface area contributed by atoms with E-state index in [1.807, 2.05) is 0 Å². The second-order valence-corrected chi connectivity index (χ2v) is 3.27. The molecule has 0 spiro atoms. The lowest BCUT2D eigenvalue weighted by Gasteiger charge is -1.96. The number of hydrogen-bond donors (Lipinski definition) is 0. The zero-order valence-electron chi connectivity index (χ0n) is 8.27. The number of carbonyl (C=O) groups is 1. The SMILES string of the molecule is O=Cc1ccc(C#CCCCl)c([N+](=O)[O-])c1. The second-order valence-electron chi connectivity index (χ2n) is 2.89. The first-order chi connectivity index (χ1) is 7.69. The van der Waals surface area contributed by atoms with Crippen molar-refractivity contribution in [3.8, 4) is 11.8 Å². The van der Waals surface area contributed by atoms with Crippen LogP contribution >= 0.6 is 11.6 Å². The molecule has 0 fully saturated rings.